The minimum absolute atomic E-state index is 0.164. The van der Waals surface area contributed by atoms with Gasteiger partial charge in [0.25, 0.3) is 0 Å². The maximum Gasteiger partial charge on any atom is 0.416 e. The van der Waals surface area contributed by atoms with E-state index in [0.717, 1.165) is 17.8 Å². The Labute approximate surface area is 194 Å². The molecule has 178 valence electrons. The molecule has 1 fully saturated rings. The van der Waals surface area contributed by atoms with E-state index in [-0.39, 0.29) is 6.01 Å². The third-order valence-corrected chi connectivity index (χ3v) is 4.95. The standard InChI is InChI=1S/C23H23F3N6O2/c24-23(25,26)18-5-3-4-17(14-18)16-28-31-20-15-21(32-9-12-33-13-10-32)30-22(29-20)34-11-7-19-6-1-2-8-27-19/h1-6,8,14-16H,7,9-13H2,(H,29,30,31). The number of morpholine rings is 1. The molecule has 1 aliphatic heterocycles. The Morgan fingerprint density at radius 1 is 1.09 bits per heavy atom. The van der Waals surface area contributed by atoms with Crippen LogP contribution in [-0.4, -0.2) is 54.1 Å². The van der Waals surface area contributed by atoms with Crippen molar-refractivity contribution in [1.29, 1.82) is 0 Å². The van der Waals surface area contributed by atoms with Gasteiger partial charge in [-0.2, -0.15) is 28.2 Å². The first-order chi connectivity index (χ1) is 16.5. The Balaban J connectivity index is 1.47. The summed E-state index contributed by atoms with van der Waals surface area (Å²) in [5, 5.41) is 4.05. The number of pyridine rings is 1. The van der Waals surface area contributed by atoms with Crippen molar-refractivity contribution >= 4 is 17.9 Å². The van der Waals surface area contributed by atoms with Crippen LogP contribution in [0.2, 0.25) is 0 Å². The lowest BCUT2D eigenvalue weighted by Gasteiger charge is -2.28. The predicted octanol–water partition coefficient (Wildman–Crippen LogP) is 3.79. The van der Waals surface area contributed by atoms with Crippen LogP contribution in [0, 0.1) is 0 Å². The molecule has 1 aromatic carbocycles. The van der Waals surface area contributed by atoms with Gasteiger partial charge in [-0.05, 0) is 29.8 Å². The van der Waals surface area contributed by atoms with Crippen LogP contribution in [-0.2, 0) is 17.3 Å². The fraction of sp³-hybridized carbons (Fsp3) is 0.304. The van der Waals surface area contributed by atoms with Crippen LogP contribution in [0.4, 0.5) is 24.8 Å². The van der Waals surface area contributed by atoms with Crippen molar-refractivity contribution in [1.82, 2.24) is 15.0 Å². The molecular weight excluding hydrogens is 449 g/mol. The lowest BCUT2D eigenvalue weighted by Crippen LogP contribution is -2.36. The molecular formula is C23H23F3N6O2. The van der Waals surface area contributed by atoms with Crippen molar-refractivity contribution < 1.29 is 22.6 Å². The van der Waals surface area contributed by atoms with E-state index in [4.69, 9.17) is 9.47 Å². The van der Waals surface area contributed by atoms with Crippen LogP contribution >= 0.6 is 0 Å². The molecule has 1 N–H and O–H groups in total. The van der Waals surface area contributed by atoms with Crippen LogP contribution in [0.15, 0.2) is 59.8 Å². The summed E-state index contributed by atoms with van der Waals surface area (Å²) >= 11 is 0. The number of aromatic nitrogens is 3. The normalized spacial score (nSPS) is 14.4. The molecule has 11 heteroatoms. The van der Waals surface area contributed by atoms with E-state index in [1.54, 1.807) is 12.3 Å². The number of rotatable bonds is 8. The van der Waals surface area contributed by atoms with E-state index in [0.29, 0.717) is 56.5 Å². The van der Waals surface area contributed by atoms with Crippen LogP contribution in [0.25, 0.3) is 0 Å². The quantitative estimate of drug-likeness (QED) is 0.394. The summed E-state index contributed by atoms with van der Waals surface area (Å²) in [7, 11) is 0. The highest BCUT2D eigenvalue weighted by Crippen LogP contribution is 2.29. The minimum atomic E-state index is -4.42. The topological polar surface area (TPSA) is 84.8 Å². The van der Waals surface area contributed by atoms with Gasteiger partial charge in [0.1, 0.15) is 5.82 Å². The highest BCUT2D eigenvalue weighted by molar-refractivity contribution is 5.80. The summed E-state index contributed by atoms with van der Waals surface area (Å²) in [4.78, 5) is 15.1. The van der Waals surface area contributed by atoms with Crippen molar-refractivity contribution in [2.75, 3.05) is 43.2 Å². The Bertz CT molecular complexity index is 1110. The molecule has 3 aromatic rings. The zero-order valence-corrected chi connectivity index (χ0v) is 18.2. The summed E-state index contributed by atoms with van der Waals surface area (Å²) in [5.41, 5.74) is 3.21. The van der Waals surface area contributed by atoms with Gasteiger partial charge < -0.3 is 14.4 Å². The van der Waals surface area contributed by atoms with Gasteiger partial charge in [0, 0.05) is 37.5 Å². The van der Waals surface area contributed by atoms with Crippen molar-refractivity contribution in [2.24, 2.45) is 5.10 Å². The molecule has 0 aliphatic carbocycles. The van der Waals surface area contributed by atoms with E-state index < -0.39 is 11.7 Å². The number of hydrogen-bond acceptors (Lipinski definition) is 8. The van der Waals surface area contributed by atoms with Gasteiger partial charge in [-0.15, -0.1) is 0 Å². The average Bonchev–Trinajstić information content (AvgIpc) is 2.85. The molecule has 0 atom stereocenters. The molecule has 0 unspecified atom stereocenters. The van der Waals surface area contributed by atoms with Gasteiger partial charge >= 0.3 is 12.2 Å². The number of hydrazone groups is 1. The lowest BCUT2D eigenvalue weighted by atomic mass is 10.1. The number of nitrogens with zero attached hydrogens (tertiary/aromatic N) is 5. The molecule has 34 heavy (non-hydrogen) atoms. The number of anilines is 2. The van der Waals surface area contributed by atoms with E-state index in [2.05, 4.69) is 25.5 Å². The largest absolute Gasteiger partial charge is 0.463 e. The zero-order valence-electron chi connectivity index (χ0n) is 18.2. The van der Waals surface area contributed by atoms with Crippen LogP contribution in [0.5, 0.6) is 6.01 Å². The second-order valence-electron chi connectivity index (χ2n) is 7.41. The first-order valence-electron chi connectivity index (χ1n) is 10.7. The average molecular weight is 472 g/mol. The molecule has 3 heterocycles. The maximum atomic E-state index is 12.9. The van der Waals surface area contributed by atoms with Crippen molar-refractivity contribution in [3.05, 3.63) is 71.5 Å². The van der Waals surface area contributed by atoms with E-state index >= 15 is 0 Å². The number of alkyl halides is 3. The molecule has 1 aliphatic rings. The Morgan fingerprint density at radius 2 is 1.94 bits per heavy atom. The van der Waals surface area contributed by atoms with Crippen LogP contribution in [0.3, 0.4) is 0 Å². The first kappa shape index (κ1) is 23.4. The first-order valence-corrected chi connectivity index (χ1v) is 10.7. The zero-order chi connectivity index (χ0) is 23.8. The number of ether oxygens (including phenoxy) is 2. The van der Waals surface area contributed by atoms with Gasteiger partial charge in [-0.3, -0.25) is 10.4 Å². The number of halogens is 3. The third kappa shape index (κ3) is 6.64. The Hall–Kier alpha value is -3.73. The highest BCUT2D eigenvalue weighted by Gasteiger charge is 2.30. The molecule has 1 saturated heterocycles. The van der Waals surface area contributed by atoms with Gasteiger partial charge in [-0.1, -0.05) is 18.2 Å². The second kappa shape index (κ2) is 10.9. The third-order valence-electron chi connectivity index (χ3n) is 4.95. The fourth-order valence-corrected chi connectivity index (χ4v) is 3.25. The molecule has 0 saturated carbocycles. The molecule has 0 radical (unpaired) electrons. The molecule has 2 aromatic heterocycles. The van der Waals surface area contributed by atoms with Crippen molar-refractivity contribution in [3.63, 3.8) is 0 Å². The van der Waals surface area contributed by atoms with E-state index in [1.807, 2.05) is 23.1 Å². The van der Waals surface area contributed by atoms with Gasteiger partial charge in [0.15, 0.2) is 5.82 Å². The smallest absolute Gasteiger partial charge is 0.416 e. The molecule has 0 amide bonds. The van der Waals surface area contributed by atoms with Crippen LogP contribution < -0.4 is 15.1 Å². The molecule has 4 rings (SSSR count). The summed E-state index contributed by atoms with van der Waals surface area (Å²) in [6, 6.07) is 12.4. The van der Waals surface area contributed by atoms with Crippen molar-refractivity contribution in [3.8, 4) is 6.01 Å². The predicted molar refractivity (Wildman–Crippen MR) is 121 cm³/mol. The number of benzene rings is 1. The van der Waals surface area contributed by atoms with Crippen molar-refractivity contribution in [2.45, 2.75) is 12.6 Å². The lowest BCUT2D eigenvalue weighted by molar-refractivity contribution is -0.137. The highest BCUT2D eigenvalue weighted by atomic mass is 19.4. The van der Waals surface area contributed by atoms with Gasteiger partial charge in [-0.25, -0.2) is 0 Å². The summed E-state index contributed by atoms with van der Waals surface area (Å²) in [5.74, 6) is 0.996. The van der Waals surface area contributed by atoms with Gasteiger partial charge in [0.2, 0.25) is 0 Å². The minimum Gasteiger partial charge on any atom is -0.463 e. The Kier molecular flexibility index (Phi) is 7.53. The maximum absolute atomic E-state index is 12.9. The SMILES string of the molecule is FC(F)(F)c1cccc(C=NNc2cc(N3CCOCC3)nc(OCCc3ccccn3)n2)c1. The summed E-state index contributed by atoms with van der Waals surface area (Å²) < 4.78 is 49.9. The molecule has 0 bridgehead atoms. The fourth-order valence-electron chi connectivity index (χ4n) is 3.25. The second-order valence-corrected chi connectivity index (χ2v) is 7.41. The monoisotopic (exact) mass is 472 g/mol. The van der Waals surface area contributed by atoms with Crippen LogP contribution in [0.1, 0.15) is 16.8 Å². The Morgan fingerprint density at radius 3 is 2.71 bits per heavy atom. The number of hydrogen-bond donors (Lipinski definition) is 1. The van der Waals surface area contributed by atoms with E-state index in [1.165, 1.54) is 18.3 Å². The summed E-state index contributed by atoms with van der Waals surface area (Å²) in [6.45, 7) is 2.82. The summed E-state index contributed by atoms with van der Waals surface area (Å²) in [6.07, 6.45) is -0.816. The number of nitrogens with one attached hydrogen (secondary N) is 1. The molecule has 0 spiro atoms. The van der Waals surface area contributed by atoms with E-state index in [9.17, 15) is 13.2 Å². The van der Waals surface area contributed by atoms with Gasteiger partial charge in [0.05, 0.1) is 31.6 Å². The molecule has 8 nitrogen and oxygen atoms in total.